The van der Waals surface area contributed by atoms with Crippen molar-refractivity contribution in [1.82, 2.24) is 0 Å². The van der Waals surface area contributed by atoms with Crippen LogP contribution >= 0.6 is 15.6 Å². The van der Waals surface area contributed by atoms with Crippen LogP contribution in [-0.2, 0) is 65.4 Å². The number of hydrogen-bond donors (Lipinski definition) is 3. The summed E-state index contributed by atoms with van der Waals surface area (Å²) in [7, 11) is -9.90. The first kappa shape index (κ1) is 90.1. The Morgan fingerprint density at radius 2 is 0.522 bits per heavy atom. The van der Waals surface area contributed by atoms with Crippen LogP contribution < -0.4 is 0 Å². The Labute approximate surface area is 562 Å². The quantitative estimate of drug-likeness (QED) is 0.0222. The van der Waals surface area contributed by atoms with Gasteiger partial charge in [0, 0.05) is 25.7 Å². The monoisotopic (exact) mass is 1350 g/mol. The predicted octanol–water partition coefficient (Wildman–Crippen LogP) is 21.3. The lowest BCUT2D eigenvalue weighted by Crippen LogP contribution is -2.30. The maximum absolute atomic E-state index is 13.1. The second kappa shape index (κ2) is 66.3. The van der Waals surface area contributed by atoms with E-state index in [-0.39, 0.29) is 25.7 Å². The highest BCUT2D eigenvalue weighted by Gasteiger charge is 2.30. The SMILES string of the molecule is CCCCCCCCCCCCCCCCCCCCC(=O)O[C@H](COC(=O)CCCCCCCCCCCCCCCC)COP(=O)(O)OC[C@@H](O)COP(=O)(O)OC[C@@H](COC(=O)CCCCCCCCCC)OC(=O)CCCCCCCCCCC(C)CC. The molecule has 0 saturated carbocycles. The molecule has 0 rings (SSSR count). The molecule has 0 aliphatic rings. The molecule has 0 aromatic rings. The standard InChI is InChI=1S/C73H142O17P2/c1-6-10-13-16-19-22-24-26-28-29-30-31-33-35-37-43-48-53-58-72(77)89-69(63-84-71(76)57-52-47-42-36-34-32-27-25-23-20-17-14-11-7-2)65-88-92(81,82)86-61-67(74)60-85-91(79,80)87-64-68(62-83-70(75)56-51-46-41-21-18-15-12-8-3)90-73(78)59-54-49-44-39-38-40-45-50-55-66(5)9-4/h66-69,74H,6-65H2,1-5H3,(H,79,80)(H,81,82)/t66?,67-,68+,69+/m0/s1. The van der Waals surface area contributed by atoms with Crippen molar-refractivity contribution in [2.45, 2.75) is 400 Å². The Morgan fingerprint density at radius 1 is 0.304 bits per heavy atom. The van der Waals surface area contributed by atoms with Gasteiger partial charge in [0.2, 0.25) is 0 Å². The maximum atomic E-state index is 13.1. The molecular weight excluding hydrogens is 1210 g/mol. The average Bonchev–Trinajstić information content (AvgIpc) is 1.92. The van der Waals surface area contributed by atoms with Gasteiger partial charge < -0.3 is 33.8 Å². The molecule has 0 aliphatic heterocycles. The minimum atomic E-state index is -4.95. The summed E-state index contributed by atoms with van der Waals surface area (Å²) in [6.45, 7) is 7.24. The third-order valence-electron chi connectivity index (χ3n) is 17.4. The van der Waals surface area contributed by atoms with Crippen molar-refractivity contribution in [1.29, 1.82) is 0 Å². The fraction of sp³-hybridized carbons (Fsp3) is 0.945. The van der Waals surface area contributed by atoms with Crippen LogP contribution in [0.15, 0.2) is 0 Å². The summed E-state index contributed by atoms with van der Waals surface area (Å²) in [4.78, 5) is 72.6. The molecule has 0 bridgehead atoms. The summed E-state index contributed by atoms with van der Waals surface area (Å²) in [5, 5.41) is 10.6. The molecule has 0 amide bonds. The predicted molar refractivity (Wildman–Crippen MR) is 372 cm³/mol. The van der Waals surface area contributed by atoms with Gasteiger partial charge in [-0.05, 0) is 31.6 Å². The van der Waals surface area contributed by atoms with Crippen LogP contribution in [0.25, 0.3) is 0 Å². The van der Waals surface area contributed by atoms with E-state index in [0.717, 1.165) is 102 Å². The van der Waals surface area contributed by atoms with Gasteiger partial charge in [0.15, 0.2) is 12.2 Å². The lowest BCUT2D eigenvalue weighted by molar-refractivity contribution is -0.161. The number of ether oxygens (including phenoxy) is 4. The number of unbranched alkanes of at least 4 members (excludes halogenated alkanes) is 44. The number of carbonyl (C=O) groups excluding carboxylic acids is 4. The lowest BCUT2D eigenvalue weighted by atomic mass is 9.99. The Bertz CT molecular complexity index is 1770. The average molecular weight is 1350 g/mol. The number of rotatable bonds is 73. The van der Waals surface area contributed by atoms with Crippen molar-refractivity contribution in [3.8, 4) is 0 Å². The number of aliphatic hydroxyl groups is 1. The molecule has 3 unspecified atom stereocenters. The smallest absolute Gasteiger partial charge is 0.462 e. The summed E-state index contributed by atoms with van der Waals surface area (Å²) in [6, 6.07) is 0. The zero-order chi connectivity index (χ0) is 67.7. The molecule has 6 atom stereocenters. The molecule has 0 radical (unpaired) electrons. The molecule has 0 aromatic heterocycles. The van der Waals surface area contributed by atoms with Crippen molar-refractivity contribution in [2.24, 2.45) is 5.92 Å². The molecule has 546 valence electrons. The molecule has 0 spiro atoms. The largest absolute Gasteiger partial charge is 0.472 e. The maximum Gasteiger partial charge on any atom is 0.472 e. The Morgan fingerprint density at radius 3 is 0.772 bits per heavy atom. The van der Waals surface area contributed by atoms with Gasteiger partial charge in [0.05, 0.1) is 26.4 Å². The number of aliphatic hydroxyl groups excluding tert-OH is 1. The van der Waals surface area contributed by atoms with Gasteiger partial charge in [-0.2, -0.15) is 0 Å². The van der Waals surface area contributed by atoms with Crippen molar-refractivity contribution >= 4 is 39.5 Å². The van der Waals surface area contributed by atoms with Crippen LogP contribution in [-0.4, -0.2) is 96.7 Å². The van der Waals surface area contributed by atoms with E-state index in [4.69, 9.17) is 37.0 Å². The number of phosphoric acid groups is 2. The molecular formula is C73H142O17P2. The first-order valence-corrected chi connectivity index (χ1v) is 41.2. The van der Waals surface area contributed by atoms with Gasteiger partial charge in [0.1, 0.15) is 19.3 Å². The highest BCUT2D eigenvalue weighted by atomic mass is 31.2. The van der Waals surface area contributed by atoms with Crippen LogP contribution in [0.3, 0.4) is 0 Å². The van der Waals surface area contributed by atoms with Crippen LogP contribution in [0, 0.1) is 5.92 Å². The van der Waals surface area contributed by atoms with E-state index >= 15 is 0 Å². The molecule has 3 N–H and O–H groups in total. The second-order valence-electron chi connectivity index (χ2n) is 26.6. The van der Waals surface area contributed by atoms with E-state index in [0.29, 0.717) is 25.7 Å². The molecule has 0 aromatic carbocycles. The van der Waals surface area contributed by atoms with Crippen molar-refractivity contribution in [3.63, 3.8) is 0 Å². The summed E-state index contributed by atoms with van der Waals surface area (Å²) in [6.07, 6.45) is 54.1. The molecule has 0 saturated heterocycles. The first-order chi connectivity index (χ1) is 44.6. The summed E-state index contributed by atoms with van der Waals surface area (Å²) >= 11 is 0. The lowest BCUT2D eigenvalue weighted by Gasteiger charge is -2.21. The van der Waals surface area contributed by atoms with E-state index in [1.807, 2.05) is 0 Å². The van der Waals surface area contributed by atoms with Crippen LogP contribution in [0.5, 0.6) is 0 Å². The normalized spacial score (nSPS) is 14.3. The molecule has 19 heteroatoms. The Balaban J connectivity index is 5.21. The van der Waals surface area contributed by atoms with Crippen LogP contribution in [0.2, 0.25) is 0 Å². The van der Waals surface area contributed by atoms with Gasteiger partial charge in [-0.3, -0.25) is 37.3 Å². The van der Waals surface area contributed by atoms with Crippen molar-refractivity contribution < 1.29 is 80.2 Å². The number of hydrogen-bond acceptors (Lipinski definition) is 15. The van der Waals surface area contributed by atoms with E-state index in [9.17, 15) is 43.2 Å². The summed E-state index contributed by atoms with van der Waals surface area (Å²) < 4.78 is 68.4. The van der Waals surface area contributed by atoms with E-state index in [1.54, 1.807) is 0 Å². The fourth-order valence-corrected chi connectivity index (χ4v) is 12.7. The molecule has 0 heterocycles. The van der Waals surface area contributed by atoms with E-state index < -0.39 is 97.5 Å². The second-order valence-corrected chi connectivity index (χ2v) is 29.5. The number of carbonyl (C=O) groups is 4. The third kappa shape index (κ3) is 65.4. The van der Waals surface area contributed by atoms with Crippen LogP contribution in [0.1, 0.15) is 381 Å². The topological polar surface area (TPSA) is 237 Å². The zero-order valence-corrected chi connectivity index (χ0v) is 61.5. The van der Waals surface area contributed by atoms with Crippen LogP contribution in [0.4, 0.5) is 0 Å². The van der Waals surface area contributed by atoms with E-state index in [1.165, 1.54) is 199 Å². The van der Waals surface area contributed by atoms with Gasteiger partial charge in [-0.1, -0.05) is 330 Å². The summed E-state index contributed by atoms with van der Waals surface area (Å²) in [5.74, 6) is -1.35. The van der Waals surface area contributed by atoms with Gasteiger partial charge in [0.25, 0.3) is 0 Å². The molecule has 0 aliphatic carbocycles. The zero-order valence-electron chi connectivity index (χ0n) is 59.7. The van der Waals surface area contributed by atoms with Crippen molar-refractivity contribution in [2.75, 3.05) is 39.6 Å². The highest BCUT2D eigenvalue weighted by molar-refractivity contribution is 7.47. The van der Waals surface area contributed by atoms with Gasteiger partial charge in [-0.25, -0.2) is 9.13 Å². The fourth-order valence-electron chi connectivity index (χ4n) is 11.1. The first-order valence-electron chi connectivity index (χ1n) is 38.2. The van der Waals surface area contributed by atoms with Crippen molar-refractivity contribution in [3.05, 3.63) is 0 Å². The Kier molecular flexibility index (Phi) is 64.9. The van der Waals surface area contributed by atoms with Gasteiger partial charge >= 0.3 is 39.5 Å². The van der Waals surface area contributed by atoms with Gasteiger partial charge in [-0.15, -0.1) is 0 Å². The molecule has 0 fully saturated rings. The minimum Gasteiger partial charge on any atom is -0.462 e. The minimum absolute atomic E-state index is 0.105. The highest BCUT2D eigenvalue weighted by Crippen LogP contribution is 2.45. The molecule has 17 nitrogen and oxygen atoms in total. The Hall–Kier alpha value is -1.94. The third-order valence-corrected chi connectivity index (χ3v) is 19.3. The molecule has 92 heavy (non-hydrogen) atoms. The van der Waals surface area contributed by atoms with E-state index in [2.05, 4.69) is 34.6 Å². The number of phosphoric ester groups is 2. The summed E-state index contributed by atoms with van der Waals surface area (Å²) in [5.41, 5.74) is 0. The number of esters is 4.